The minimum absolute atomic E-state index is 0.0987. The average Bonchev–Trinajstić information content (AvgIpc) is 2.29. The van der Waals surface area contributed by atoms with Crippen LogP contribution in [0.5, 0.6) is 11.5 Å². The molecule has 3 heteroatoms. The molecule has 1 N–H and O–H groups in total. The lowest BCUT2D eigenvalue weighted by molar-refractivity contribution is 0.101. The van der Waals surface area contributed by atoms with E-state index in [1.54, 1.807) is 6.07 Å². The number of benzene rings is 2. The molecule has 0 fully saturated rings. The zero-order chi connectivity index (χ0) is 11.7. The third-order valence-corrected chi connectivity index (χ3v) is 2.56. The van der Waals surface area contributed by atoms with Gasteiger partial charge in [-0.1, -0.05) is 24.3 Å². The minimum atomic E-state index is -0.127. The molecule has 0 saturated heterocycles. The first kappa shape index (κ1) is 10.5. The topological polar surface area (TPSA) is 46.5 Å². The van der Waals surface area contributed by atoms with Crippen molar-refractivity contribution in [3.05, 3.63) is 35.9 Å². The van der Waals surface area contributed by atoms with Crippen LogP contribution in [0.25, 0.3) is 10.8 Å². The summed E-state index contributed by atoms with van der Waals surface area (Å²) in [6.45, 7) is 1.45. The molecule has 0 bridgehead atoms. The van der Waals surface area contributed by atoms with E-state index in [1.165, 1.54) is 20.1 Å². The molecule has 0 heterocycles. The van der Waals surface area contributed by atoms with Crippen LogP contribution in [-0.4, -0.2) is 18.0 Å². The number of carbonyl (C=O) groups excluding carboxylic acids is 1. The van der Waals surface area contributed by atoms with E-state index in [9.17, 15) is 9.90 Å². The molecule has 0 atom stereocenters. The second-order valence-electron chi connectivity index (χ2n) is 3.58. The number of aromatic hydroxyl groups is 1. The molecule has 3 nitrogen and oxygen atoms in total. The lowest BCUT2D eigenvalue weighted by atomic mass is 10.0. The zero-order valence-electron chi connectivity index (χ0n) is 9.15. The van der Waals surface area contributed by atoms with Crippen molar-refractivity contribution in [3.8, 4) is 11.5 Å². The number of phenols is 1. The van der Waals surface area contributed by atoms with E-state index >= 15 is 0 Å². The fraction of sp³-hybridized carbons (Fsp3) is 0.154. The number of ether oxygens (including phenoxy) is 1. The molecule has 0 aliphatic carbocycles. The van der Waals surface area contributed by atoms with Gasteiger partial charge in [0.05, 0.1) is 12.7 Å². The normalized spacial score (nSPS) is 10.4. The first-order valence-corrected chi connectivity index (χ1v) is 4.94. The Morgan fingerprint density at radius 2 is 1.88 bits per heavy atom. The smallest absolute Gasteiger partial charge is 0.163 e. The number of carbonyl (C=O) groups is 1. The standard InChI is InChI=1S/C13H12O3/c1-8(14)11-7-12(15)9-5-3-4-6-10(9)13(11)16-2/h3-7,15H,1-2H3. The van der Waals surface area contributed by atoms with Crippen LogP contribution in [0.2, 0.25) is 0 Å². The Morgan fingerprint density at radius 3 is 2.44 bits per heavy atom. The van der Waals surface area contributed by atoms with Gasteiger partial charge in [-0.2, -0.15) is 0 Å². The molecule has 0 unspecified atom stereocenters. The zero-order valence-corrected chi connectivity index (χ0v) is 9.15. The molecule has 0 aromatic heterocycles. The predicted molar refractivity (Wildman–Crippen MR) is 62.2 cm³/mol. The number of hydrogen-bond acceptors (Lipinski definition) is 3. The maximum Gasteiger partial charge on any atom is 0.163 e. The van der Waals surface area contributed by atoms with Crippen LogP contribution in [0, 0.1) is 0 Å². The summed E-state index contributed by atoms with van der Waals surface area (Å²) in [5.41, 5.74) is 0.402. The van der Waals surface area contributed by atoms with Crippen molar-refractivity contribution in [2.75, 3.05) is 7.11 Å². The predicted octanol–water partition coefficient (Wildman–Crippen LogP) is 2.76. The highest BCUT2D eigenvalue weighted by atomic mass is 16.5. The van der Waals surface area contributed by atoms with Crippen LogP contribution in [-0.2, 0) is 0 Å². The monoisotopic (exact) mass is 216 g/mol. The summed E-state index contributed by atoms with van der Waals surface area (Å²) in [6, 6.07) is 8.73. The van der Waals surface area contributed by atoms with E-state index in [0.717, 1.165) is 5.39 Å². The van der Waals surface area contributed by atoms with Gasteiger partial charge in [0.2, 0.25) is 0 Å². The highest BCUT2D eigenvalue weighted by Crippen LogP contribution is 2.35. The second kappa shape index (κ2) is 3.85. The molecule has 2 rings (SSSR count). The summed E-state index contributed by atoms with van der Waals surface area (Å²) < 4.78 is 5.24. The molecule has 0 amide bonds. The maximum absolute atomic E-state index is 11.4. The second-order valence-corrected chi connectivity index (χ2v) is 3.58. The van der Waals surface area contributed by atoms with Crippen LogP contribution in [0.1, 0.15) is 17.3 Å². The van der Waals surface area contributed by atoms with E-state index in [4.69, 9.17) is 4.74 Å². The molecule has 82 valence electrons. The van der Waals surface area contributed by atoms with E-state index in [0.29, 0.717) is 16.7 Å². The van der Waals surface area contributed by atoms with Gasteiger partial charge in [0, 0.05) is 10.8 Å². The Kier molecular flexibility index (Phi) is 2.52. The van der Waals surface area contributed by atoms with E-state index in [2.05, 4.69) is 0 Å². The molecule has 16 heavy (non-hydrogen) atoms. The largest absolute Gasteiger partial charge is 0.507 e. The number of methoxy groups -OCH3 is 1. The Morgan fingerprint density at radius 1 is 1.25 bits per heavy atom. The van der Waals surface area contributed by atoms with Crippen molar-refractivity contribution < 1.29 is 14.6 Å². The number of rotatable bonds is 2. The van der Waals surface area contributed by atoms with Crippen LogP contribution < -0.4 is 4.74 Å². The summed E-state index contributed by atoms with van der Waals surface area (Å²) in [5, 5.41) is 11.2. The van der Waals surface area contributed by atoms with Crippen LogP contribution in [0.3, 0.4) is 0 Å². The van der Waals surface area contributed by atoms with Crippen molar-refractivity contribution in [1.82, 2.24) is 0 Å². The molecule has 0 radical (unpaired) electrons. The molecule has 2 aromatic rings. The third kappa shape index (κ3) is 1.50. The summed E-state index contributed by atoms with van der Waals surface area (Å²) >= 11 is 0. The molecular formula is C13H12O3. The molecule has 0 saturated carbocycles. The first-order chi connectivity index (χ1) is 7.65. The fourth-order valence-electron chi connectivity index (χ4n) is 1.81. The Balaban J connectivity index is 2.90. The van der Waals surface area contributed by atoms with Crippen molar-refractivity contribution in [3.63, 3.8) is 0 Å². The summed E-state index contributed by atoms with van der Waals surface area (Å²) in [4.78, 5) is 11.4. The van der Waals surface area contributed by atoms with Gasteiger partial charge < -0.3 is 9.84 Å². The van der Waals surface area contributed by atoms with E-state index < -0.39 is 0 Å². The first-order valence-electron chi connectivity index (χ1n) is 4.94. The average molecular weight is 216 g/mol. The van der Waals surface area contributed by atoms with Gasteiger partial charge >= 0.3 is 0 Å². The lowest BCUT2D eigenvalue weighted by Crippen LogP contribution is -1.98. The number of phenolic OH excluding ortho intramolecular Hbond substituents is 1. The number of ketones is 1. The van der Waals surface area contributed by atoms with Crippen molar-refractivity contribution in [2.45, 2.75) is 6.92 Å². The summed E-state index contributed by atoms with van der Waals surface area (Å²) in [6.07, 6.45) is 0. The van der Waals surface area contributed by atoms with E-state index in [1.807, 2.05) is 18.2 Å². The minimum Gasteiger partial charge on any atom is -0.507 e. The van der Waals surface area contributed by atoms with Gasteiger partial charge in [-0.3, -0.25) is 4.79 Å². The molecule has 2 aromatic carbocycles. The van der Waals surface area contributed by atoms with Crippen LogP contribution in [0.15, 0.2) is 30.3 Å². The maximum atomic E-state index is 11.4. The molecule has 0 aliphatic rings. The van der Waals surface area contributed by atoms with Gasteiger partial charge in [-0.05, 0) is 13.0 Å². The van der Waals surface area contributed by atoms with Crippen LogP contribution >= 0.6 is 0 Å². The molecule has 0 spiro atoms. The Bertz CT molecular complexity index is 558. The summed E-state index contributed by atoms with van der Waals surface area (Å²) in [7, 11) is 1.52. The van der Waals surface area contributed by atoms with E-state index in [-0.39, 0.29) is 11.5 Å². The molecule has 0 aliphatic heterocycles. The quantitative estimate of drug-likeness (QED) is 0.785. The fourth-order valence-corrected chi connectivity index (χ4v) is 1.81. The van der Waals surface area contributed by atoms with Crippen molar-refractivity contribution >= 4 is 16.6 Å². The number of hydrogen-bond donors (Lipinski definition) is 1. The van der Waals surface area contributed by atoms with Gasteiger partial charge in [0.25, 0.3) is 0 Å². The Hall–Kier alpha value is -2.03. The van der Waals surface area contributed by atoms with Gasteiger partial charge in [-0.15, -0.1) is 0 Å². The van der Waals surface area contributed by atoms with Crippen molar-refractivity contribution in [1.29, 1.82) is 0 Å². The highest BCUT2D eigenvalue weighted by molar-refractivity contribution is 6.05. The lowest BCUT2D eigenvalue weighted by Gasteiger charge is -2.11. The number of Topliss-reactive ketones (excluding diaryl/α,β-unsaturated/α-hetero) is 1. The van der Waals surface area contributed by atoms with Gasteiger partial charge in [0.15, 0.2) is 5.78 Å². The van der Waals surface area contributed by atoms with Crippen molar-refractivity contribution in [2.24, 2.45) is 0 Å². The SMILES string of the molecule is COc1c(C(C)=O)cc(O)c2ccccc12. The van der Waals surface area contributed by atoms with Gasteiger partial charge in [-0.25, -0.2) is 0 Å². The summed E-state index contributed by atoms with van der Waals surface area (Å²) in [5.74, 6) is 0.486. The Labute approximate surface area is 93.3 Å². The third-order valence-electron chi connectivity index (χ3n) is 2.56. The number of fused-ring (bicyclic) bond motifs is 1. The molecular weight excluding hydrogens is 204 g/mol. The van der Waals surface area contributed by atoms with Crippen LogP contribution in [0.4, 0.5) is 0 Å². The van der Waals surface area contributed by atoms with Gasteiger partial charge in [0.1, 0.15) is 11.5 Å². The highest BCUT2D eigenvalue weighted by Gasteiger charge is 2.14.